The van der Waals surface area contributed by atoms with Crippen molar-refractivity contribution in [1.29, 1.82) is 0 Å². The van der Waals surface area contributed by atoms with E-state index in [9.17, 15) is 18.3 Å². The van der Waals surface area contributed by atoms with Crippen molar-refractivity contribution in [2.24, 2.45) is 5.92 Å². The van der Waals surface area contributed by atoms with Crippen LogP contribution in [0.5, 0.6) is 0 Å². The molecule has 3 N–H and O–H groups in total. The monoisotopic (exact) mass is 364 g/mol. The average Bonchev–Trinajstić information content (AvgIpc) is 3.03. The predicted molar refractivity (Wildman–Crippen MR) is 94.5 cm³/mol. The lowest BCUT2D eigenvalue weighted by atomic mass is 9.91. The van der Waals surface area contributed by atoms with Crippen LogP contribution >= 0.6 is 0 Å². The maximum absolute atomic E-state index is 13.2. The van der Waals surface area contributed by atoms with Crippen LogP contribution in [0, 0.1) is 5.92 Å². The smallest absolute Gasteiger partial charge is 0.396 e. The van der Waals surface area contributed by atoms with E-state index in [0.717, 1.165) is 18.2 Å². The molecule has 1 saturated heterocycles. The highest BCUT2D eigenvalue weighted by Gasteiger charge is 2.37. The fourth-order valence-corrected chi connectivity index (χ4v) is 3.70. The van der Waals surface area contributed by atoms with Crippen molar-refractivity contribution in [3.8, 4) is 0 Å². The fraction of sp³-hybridized carbons (Fsp3) is 0.400. The summed E-state index contributed by atoms with van der Waals surface area (Å²) in [7, 11) is 0. The van der Waals surface area contributed by atoms with Crippen LogP contribution in [0.3, 0.4) is 0 Å². The van der Waals surface area contributed by atoms with Gasteiger partial charge in [0.15, 0.2) is 0 Å². The van der Waals surface area contributed by atoms with E-state index >= 15 is 0 Å². The van der Waals surface area contributed by atoms with E-state index in [-0.39, 0.29) is 36.7 Å². The molecule has 0 saturated carbocycles. The minimum atomic E-state index is -4.37. The average molecular weight is 364 g/mol. The number of halogens is 3. The van der Waals surface area contributed by atoms with Gasteiger partial charge in [0.1, 0.15) is 0 Å². The van der Waals surface area contributed by atoms with Gasteiger partial charge >= 0.3 is 6.18 Å². The van der Waals surface area contributed by atoms with Gasteiger partial charge in [-0.3, -0.25) is 0 Å². The first-order valence-electron chi connectivity index (χ1n) is 8.78. The van der Waals surface area contributed by atoms with Crippen molar-refractivity contribution < 1.29 is 18.3 Å². The molecule has 1 aliphatic rings. The van der Waals surface area contributed by atoms with Crippen molar-refractivity contribution in [3.63, 3.8) is 0 Å². The third kappa shape index (κ3) is 4.26. The Kier molecular flexibility index (Phi) is 5.96. The van der Waals surface area contributed by atoms with Gasteiger partial charge in [-0.25, -0.2) is 0 Å². The van der Waals surface area contributed by atoms with Crippen LogP contribution in [0.2, 0.25) is 0 Å². The number of rotatable bonds is 6. The first-order valence-corrected chi connectivity index (χ1v) is 8.78. The van der Waals surface area contributed by atoms with Gasteiger partial charge in [-0.15, -0.1) is 0 Å². The van der Waals surface area contributed by atoms with E-state index < -0.39 is 11.7 Å². The van der Waals surface area contributed by atoms with Gasteiger partial charge in [0, 0.05) is 31.8 Å². The van der Waals surface area contributed by atoms with E-state index in [1.165, 1.54) is 12.1 Å². The molecule has 2 aromatic carbocycles. The molecule has 0 aliphatic carbocycles. The lowest BCUT2D eigenvalue weighted by molar-refractivity contribution is -0.138. The van der Waals surface area contributed by atoms with Crippen molar-refractivity contribution in [2.45, 2.75) is 31.2 Å². The number of aliphatic hydroxyl groups excluding tert-OH is 1. The second-order valence-electron chi connectivity index (χ2n) is 6.63. The molecular weight excluding hydrogens is 341 g/mol. The van der Waals surface area contributed by atoms with Gasteiger partial charge in [-0.05, 0) is 29.5 Å². The molecule has 140 valence electrons. The summed E-state index contributed by atoms with van der Waals surface area (Å²) in [5, 5.41) is 16.1. The maximum Gasteiger partial charge on any atom is 0.416 e. The highest BCUT2D eigenvalue weighted by atomic mass is 19.4. The topological polar surface area (TPSA) is 44.3 Å². The number of hydrogen-bond acceptors (Lipinski definition) is 3. The zero-order chi connectivity index (χ0) is 18.6. The Morgan fingerprint density at radius 3 is 2.42 bits per heavy atom. The van der Waals surface area contributed by atoms with Gasteiger partial charge in [0.2, 0.25) is 0 Å². The number of nitrogens with one attached hydrogen (secondary N) is 2. The Morgan fingerprint density at radius 1 is 1.04 bits per heavy atom. The standard InChI is InChI=1S/C20H23F3N2O/c21-20(22,23)17-9-5-4-8-15(17)12-24-19-16(10-11-26)13-25-18(19)14-6-2-1-3-7-14/h1-9,16,18-19,24-26H,10-13H2. The van der Waals surface area contributed by atoms with Crippen LogP contribution in [0.25, 0.3) is 0 Å². The lowest BCUT2D eigenvalue weighted by Crippen LogP contribution is -2.38. The van der Waals surface area contributed by atoms with Gasteiger partial charge in [0.05, 0.1) is 5.56 Å². The summed E-state index contributed by atoms with van der Waals surface area (Å²) in [6, 6.07) is 15.5. The Morgan fingerprint density at radius 2 is 1.73 bits per heavy atom. The Hall–Kier alpha value is -1.89. The van der Waals surface area contributed by atoms with Gasteiger partial charge in [0.25, 0.3) is 0 Å². The highest BCUT2D eigenvalue weighted by Crippen LogP contribution is 2.33. The summed E-state index contributed by atoms with van der Waals surface area (Å²) in [6.07, 6.45) is -3.76. The van der Waals surface area contributed by atoms with E-state index in [1.807, 2.05) is 30.3 Å². The second kappa shape index (κ2) is 8.20. The molecule has 0 bridgehead atoms. The number of alkyl halides is 3. The number of aliphatic hydroxyl groups is 1. The normalized spacial score (nSPS) is 23.3. The minimum Gasteiger partial charge on any atom is -0.396 e. The van der Waals surface area contributed by atoms with Crippen LogP contribution in [0.1, 0.15) is 29.2 Å². The third-order valence-corrected chi connectivity index (χ3v) is 4.98. The SMILES string of the molecule is OCCC1CNC(c2ccccc2)C1NCc1ccccc1C(F)(F)F. The van der Waals surface area contributed by atoms with Crippen molar-refractivity contribution in [3.05, 3.63) is 71.3 Å². The molecule has 0 radical (unpaired) electrons. The zero-order valence-corrected chi connectivity index (χ0v) is 14.3. The molecule has 1 fully saturated rings. The summed E-state index contributed by atoms with van der Waals surface area (Å²) in [6.45, 7) is 0.914. The Labute approximate surface area is 151 Å². The first-order chi connectivity index (χ1) is 12.5. The fourth-order valence-electron chi connectivity index (χ4n) is 3.70. The van der Waals surface area contributed by atoms with Crippen LogP contribution in [0.4, 0.5) is 13.2 Å². The second-order valence-corrected chi connectivity index (χ2v) is 6.63. The van der Waals surface area contributed by atoms with E-state index in [2.05, 4.69) is 10.6 Å². The van der Waals surface area contributed by atoms with E-state index in [0.29, 0.717) is 6.42 Å². The quantitative estimate of drug-likeness (QED) is 0.735. The third-order valence-electron chi connectivity index (χ3n) is 4.98. The van der Waals surface area contributed by atoms with Gasteiger partial charge in [-0.1, -0.05) is 48.5 Å². The van der Waals surface area contributed by atoms with Crippen molar-refractivity contribution in [1.82, 2.24) is 10.6 Å². The van der Waals surface area contributed by atoms with E-state index in [4.69, 9.17) is 0 Å². The molecule has 0 spiro atoms. The predicted octanol–water partition coefficient (Wildman–Crippen LogP) is 3.51. The molecular formula is C20H23F3N2O. The maximum atomic E-state index is 13.2. The van der Waals surface area contributed by atoms with Gasteiger partial charge in [-0.2, -0.15) is 13.2 Å². The number of benzene rings is 2. The summed E-state index contributed by atoms with van der Waals surface area (Å²) in [5.41, 5.74) is 0.726. The molecule has 3 unspecified atom stereocenters. The molecule has 1 aliphatic heterocycles. The van der Waals surface area contributed by atoms with Crippen LogP contribution in [-0.2, 0) is 12.7 Å². The minimum absolute atomic E-state index is 0.00537. The molecule has 3 atom stereocenters. The molecule has 3 nitrogen and oxygen atoms in total. The summed E-state index contributed by atoms with van der Waals surface area (Å²) in [4.78, 5) is 0. The van der Waals surface area contributed by atoms with Crippen molar-refractivity contribution in [2.75, 3.05) is 13.2 Å². The van der Waals surface area contributed by atoms with Crippen molar-refractivity contribution >= 4 is 0 Å². The molecule has 6 heteroatoms. The first kappa shape index (κ1) is 18.9. The molecule has 1 heterocycles. The molecule has 3 rings (SSSR count). The van der Waals surface area contributed by atoms with Crippen LogP contribution in [0.15, 0.2) is 54.6 Å². The summed E-state index contributed by atoms with van der Waals surface area (Å²) >= 11 is 0. The molecule has 0 amide bonds. The van der Waals surface area contributed by atoms with Crippen LogP contribution < -0.4 is 10.6 Å². The zero-order valence-electron chi connectivity index (χ0n) is 14.3. The Balaban J connectivity index is 1.79. The largest absolute Gasteiger partial charge is 0.416 e. The molecule has 2 aromatic rings. The van der Waals surface area contributed by atoms with Gasteiger partial charge < -0.3 is 15.7 Å². The summed E-state index contributed by atoms with van der Waals surface area (Å²) in [5.74, 6) is 0.156. The lowest BCUT2D eigenvalue weighted by Gasteiger charge is -2.26. The molecule has 26 heavy (non-hydrogen) atoms. The molecule has 0 aromatic heterocycles. The number of hydrogen-bond donors (Lipinski definition) is 3. The summed E-state index contributed by atoms with van der Waals surface area (Å²) < 4.78 is 39.6. The Bertz CT molecular complexity index is 706. The highest BCUT2D eigenvalue weighted by molar-refractivity contribution is 5.30. The van der Waals surface area contributed by atoms with Crippen LogP contribution in [-0.4, -0.2) is 24.3 Å². The van der Waals surface area contributed by atoms with E-state index in [1.54, 1.807) is 6.07 Å².